The zero-order chi connectivity index (χ0) is 22.6. The molecule has 0 bridgehead atoms. The van der Waals surface area contributed by atoms with Gasteiger partial charge in [-0.15, -0.1) is 0 Å². The molecule has 2 aliphatic heterocycles. The number of nitrogens with zero attached hydrogens (tertiary/aromatic N) is 6. The van der Waals surface area contributed by atoms with Crippen molar-refractivity contribution in [2.75, 3.05) is 50.4 Å². The van der Waals surface area contributed by atoms with Gasteiger partial charge < -0.3 is 25.2 Å². The Morgan fingerprint density at radius 2 is 2.03 bits per heavy atom. The highest BCUT2D eigenvalue weighted by Crippen LogP contribution is 2.42. The maximum atomic E-state index is 11.7. The average Bonchev–Trinajstić information content (AvgIpc) is 3.57. The average molecular weight is 453 g/mol. The minimum atomic E-state index is -0.287. The summed E-state index contributed by atoms with van der Waals surface area (Å²) in [4.78, 5) is 25.1. The summed E-state index contributed by atoms with van der Waals surface area (Å²) < 4.78 is 6.99. The van der Waals surface area contributed by atoms with Gasteiger partial charge in [0.15, 0.2) is 0 Å². The first kappa shape index (κ1) is 21.7. The molecular formula is C23H32N8O2. The Morgan fingerprint density at radius 1 is 1.18 bits per heavy atom. The summed E-state index contributed by atoms with van der Waals surface area (Å²) in [5.74, 6) is 1.98. The van der Waals surface area contributed by atoms with Crippen molar-refractivity contribution in [3.63, 3.8) is 0 Å². The fraction of sp³-hybridized carbons (Fsp3) is 0.565. The zero-order valence-corrected chi connectivity index (χ0v) is 19.1. The van der Waals surface area contributed by atoms with Crippen molar-refractivity contribution in [2.24, 2.45) is 0 Å². The summed E-state index contributed by atoms with van der Waals surface area (Å²) in [5.41, 5.74) is 2.07. The number of likely N-dealkylation sites (tertiary alicyclic amines) is 1. The highest BCUT2D eigenvalue weighted by atomic mass is 16.5. The minimum absolute atomic E-state index is 0.287. The van der Waals surface area contributed by atoms with Crippen molar-refractivity contribution in [3.05, 3.63) is 36.5 Å². The van der Waals surface area contributed by atoms with Gasteiger partial charge in [-0.05, 0) is 64.2 Å². The molecule has 2 aromatic rings. The summed E-state index contributed by atoms with van der Waals surface area (Å²) >= 11 is 0. The third-order valence-corrected chi connectivity index (χ3v) is 6.50. The minimum Gasteiger partial charge on any atom is -0.418 e. The summed E-state index contributed by atoms with van der Waals surface area (Å²) in [7, 11) is 2.17. The molecule has 2 N–H and O–H groups in total. The molecular weight excluding hydrogens is 420 g/mol. The molecule has 10 heteroatoms. The van der Waals surface area contributed by atoms with Crippen LogP contribution in [0.3, 0.4) is 0 Å². The Labute approximate surface area is 194 Å². The molecule has 1 amide bonds. The van der Waals surface area contributed by atoms with Gasteiger partial charge in [-0.25, -0.2) is 9.78 Å². The van der Waals surface area contributed by atoms with E-state index >= 15 is 0 Å². The van der Waals surface area contributed by atoms with Gasteiger partial charge in [-0.2, -0.15) is 10.1 Å². The van der Waals surface area contributed by atoms with E-state index in [4.69, 9.17) is 9.72 Å². The van der Waals surface area contributed by atoms with Crippen LogP contribution in [0, 0.1) is 0 Å². The van der Waals surface area contributed by atoms with Crippen LogP contribution in [0.15, 0.2) is 30.9 Å². The van der Waals surface area contributed by atoms with Crippen LogP contribution in [0.4, 0.5) is 22.2 Å². The number of hydrogen-bond donors (Lipinski definition) is 2. The number of piperidine rings is 1. The van der Waals surface area contributed by atoms with E-state index in [-0.39, 0.29) is 6.09 Å². The maximum Gasteiger partial charge on any atom is 0.414 e. The van der Waals surface area contributed by atoms with E-state index < -0.39 is 0 Å². The Morgan fingerprint density at radius 3 is 2.82 bits per heavy atom. The predicted molar refractivity (Wildman–Crippen MR) is 126 cm³/mol. The lowest BCUT2D eigenvalue weighted by Gasteiger charge is -2.28. The second-order valence-electron chi connectivity index (χ2n) is 9.12. The number of amides is 1. The van der Waals surface area contributed by atoms with Gasteiger partial charge in [-0.1, -0.05) is 0 Å². The van der Waals surface area contributed by atoms with Crippen LogP contribution in [-0.2, 0) is 4.74 Å². The van der Waals surface area contributed by atoms with Crippen molar-refractivity contribution < 1.29 is 9.53 Å². The standard InChI is InChI=1S/C23H32N8O2/c1-29-11-6-19(7-12-29)31-16-18(14-26-31)27-22-25-15-20(17-4-5-17)21(28-22)24-8-2-9-30-10-3-13-33-23(30)32/h3,13-17,19H,2,4-12H2,1H3,(H2,24,25,27,28). The molecule has 2 aromatic heterocycles. The fourth-order valence-electron chi connectivity index (χ4n) is 4.36. The number of aromatic nitrogens is 4. The van der Waals surface area contributed by atoms with Gasteiger partial charge >= 0.3 is 6.09 Å². The molecule has 0 spiro atoms. The van der Waals surface area contributed by atoms with Crippen molar-refractivity contribution >= 4 is 23.5 Å². The van der Waals surface area contributed by atoms with Gasteiger partial charge in [0.25, 0.3) is 0 Å². The molecule has 10 nitrogen and oxygen atoms in total. The Balaban J connectivity index is 1.19. The first-order valence-electron chi connectivity index (χ1n) is 11.9. The molecule has 33 heavy (non-hydrogen) atoms. The van der Waals surface area contributed by atoms with Crippen LogP contribution in [0.1, 0.15) is 49.6 Å². The van der Waals surface area contributed by atoms with E-state index in [1.165, 1.54) is 24.7 Å². The van der Waals surface area contributed by atoms with Crippen LogP contribution >= 0.6 is 0 Å². The Hall–Kier alpha value is -3.14. The largest absolute Gasteiger partial charge is 0.418 e. The van der Waals surface area contributed by atoms with Gasteiger partial charge in [0.1, 0.15) is 5.82 Å². The molecule has 4 heterocycles. The molecule has 0 unspecified atom stereocenters. The molecule has 1 saturated carbocycles. The Bertz CT molecular complexity index is 994. The lowest BCUT2D eigenvalue weighted by molar-refractivity contribution is 0.133. The van der Waals surface area contributed by atoms with Crippen molar-refractivity contribution in [1.82, 2.24) is 29.5 Å². The summed E-state index contributed by atoms with van der Waals surface area (Å²) in [6, 6.07) is 0.444. The number of carbonyl (C=O) groups is 1. The SMILES string of the molecule is CN1CCC(n2cc(Nc3ncc(C4CC4)c(NCCCN4CC=COC4=O)n3)cn2)CC1. The monoisotopic (exact) mass is 452 g/mol. The number of cyclic esters (lactones) is 1. The first-order chi connectivity index (χ1) is 16.2. The molecule has 176 valence electrons. The quantitative estimate of drug-likeness (QED) is 0.559. The third kappa shape index (κ3) is 5.44. The molecule has 5 rings (SSSR count). The highest BCUT2D eigenvalue weighted by Gasteiger charge is 2.28. The number of rotatable bonds is 9. The smallest absolute Gasteiger partial charge is 0.414 e. The number of nitrogens with one attached hydrogen (secondary N) is 2. The van der Waals surface area contributed by atoms with E-state index in [0.717, 1.165) is 50.4 Å². The van der Waals surface area contributed by atoms with Crippen LogP contribution in [0.5, 0.6) is 0 Å². The third-order valence-electron chi connectivity index (χ3n) is 6.50. The summed E-state index contributed by atoms with van der Waals surface area (Å²) in [5, 5.41) is 11.3. The van der Waals surface area contributed by atoms with E-state index in [0.29, 0.717) is 31.0 Å². The zero-order valence-electron chi connectivity index (χ0n) is 19.1. The Kier molecular flexibility index (Phi) is 6.43. The number of anilines is 3. The lowest BCUT2D eigenvalue weighted by Crippen LogP contribution is -2.34. The maximum absolute atomic E-state index is 11.7. The first-order valence-corrected chi connectivity index (χ1v) is 11.9. The summed E-state index contributed by atoms with van der Waals surface area (Å²) in [6.45, 7) is 4.16. The predicted octanol–water partition coefficient (Wildman–Crippen LogP) is 3.33. The lowest BCUT2D eigenvalue weighted by atomic mass is 10.1. The van der Waals surface area contributed by atoms with Crippen LogP contribution in [0.25, 0.3) is 0 Å². The van der Waals surface area contributed by atoms with E-state index in [9.17, 15) is 4.79 Å². The van der Waals surface area contributed by atoms with E-state index in [2.05, 4.69) is 37.3 Å². The highest BCUT2D eigenvalue weighted by molar-refractivity contribution is 5.69. The molecule has 0 atom stereocenters. The van der Waals surface area contributed by atoms with Crippen molar-refractivity contribution in [2.45, 2.75) is 44.1 Å². The van der Waals surface area contributed by atoms with Crippen molar-refractivity contribution in [3.8, 4) is 0 Å². The normalized spacial score (nSPS) is 19.5. The molecule has 2 fully saturated rings. The van der Waals surface area contributed by atoms with Crippen LogP contribution in [0.2, 0.25) is 0 Å². The van der Waals surface area contributed by atoms with Gasteiger partial charge in [-0.3, -0.25) is 4.68 Å². The van der Waals surface area contributed by atoms with Crippen LogP contribution < -0.4 is 10.6 Å². The second kappa shape index (κ2) is 9.78. The van der Waals surface area contributed by atoms with Crippen LogP contribution in [-0.4, -0.2) is 75.4 Å². The van der Waals surface area contributed by atoms with Crippen molar-refractivity contribution in [1.29, 1.82) is 0 Å². The second-order valence-corrected chi connectivity index (χ2v) is 9.12. The number of ether oxygens (including phenoxy) is 1. The molecule has 3 aliphatic rings. The topological polar surface area (TPSA) is 100 Å². The van der Waals surface area contributed by atoms with E-state index in [1.807, 2.05) is 24.7 Å². The molecule has 0 aromatic carbocycles. The molecule has 1 saturated heterocycles. The van der Waals surface area contributed by atoms with Gasteiger partial charge in [0, 0.05) is 37.6 Å². The number of carbonyl (C=O) groups excluding carboxylic acids is 1. The summed E-state index contributed by atoms with van der Waals surface area (Å²) in [6.07, 6.45) is 14.2. The molecule has 0 radical (unpaired) electrons. The fourth-order valence-corrected chi connectivity index (χ4v) is 4.36. The molecule has 1 aliphatic carbocycles. The van der Waals surface area contributed by atoms with Gasteiger partial charge in [0.2, 0.25) is 5.95 Å². The number of hydrogen-bond acceptors (Lipinski definition) is 8. The van der Waals surface area contributed by atoms with Gasteiger partial charge in [0.05, 0.1) is 24.2 Å². The van der Waals surface area contributed by atoms with E-state index in [1.54, 1.807) is 4.90 Å².